The predicted octanol–water partition coefficient (Wildman–Crippen LogP) is 2.67. The monoisotopic (exact) mass is 209 g/mol. The molecule has 1 aromatic carbocycles. The minimum atomic E-state index is -0.542. The van der Waals surface area contributed by atoms with E-state index in [0.717, 1.165) is 12.1 Å². The second kappa shape index (κ2) is 4.07. The van der Waals surface area contributed by atoms with Gasteiger partial charge < -0.3 is 0 Å². The number of hydrogen-bond donors (Lipinski definition) is 1. The van der Waals surface area contributed by atoms with E-state index in [0.29, 0.717) is 11.9 Å². The molecule has 0 bridgehead atoms. The van der Waals surface area contributed by atoms with E-state index in [9.17, 15) is 8.78 Å². The Bertz CT molecular complexity index is 263. The minimum absolute atomic E-state index is 0.0434. The van der Waals surface area contributed by atoms with E-state index in [1.807, 2.05) is 0 Å². The molecule has 5 heteroatoms. The molecule has 66 valence electrons. The summed E-state index contributed by atoms with van der Waals surface area (Å²) in [7, 11) is 0. The second-order valence-electron chi connectivity index (χ2n) is 2.13. The second-order valence-corrected chi connectivity index (χ2v) is 3.07. The lowest BCUT2D eigenvalue weighted by atomic mass is 10.2. The highest BCUT2D eigenvalue weighted by atomic mass is 35.5. The topological polar surface area (TPSA) is 26.0 Å². The van der Waals surface area contributed by atoms with Crippen LogP contribution in [0.5, 0.6) is 0 Å². The van der Waals surface area contributed by atoms with Crippen molar-refractivity contribution < 1.29 is 8.78 Å². The van der Waals surface area contributed by atoms with Crippen molar-refractivity contribution in [2.24, 2.45) is 5.14 Å². The van der Waals surface area contributed by atoms with Gasteiger partial charge in [0.25, 0.3) is 0 Å². The van der Waals surface area contributed by atoms with Crippen molar-refractivity contribution >= 4 is 23.5 Å². The summed E-state index contributed by atoms with van der Waals surface area (Å²) >= 11 is 6.03. The molecular formula is C7H6ClF2NS. The van der Waals surface area contributed by atoms with Gasteiger partial charge in [-0.2, -0.15) is 0 Å². The van der Waals surface area contributed by atoms with E-state index in [2.05, 4.69) is 0 Å². The van der Waals surface area contributed by atoms with Crippen LogP contribution >= 0.6 is 23.5 Å². The molecule has 0 radical (unpaired) electrons. The van der Waals surface area contributed by atoms with E-state index >= 15 is 0 Å². The van der Waals surface area contributed by atoms with Crippen LogP contribution in [0.1, 0.15) is 5.56 Å². The lowest BCUT2D eigenvalue weighted by Gasteiger charge is -2.02. The summed E-state index contributed by atoms with van der Waals surface area (Å²) in [6.07, 6.45) is 0. The highest BCUT2D eigenvalue weighted by Gasteiger charge is 2.08. The Labute approximate surface area is 78.0 Å². The van der Waals surface area contributed by atoms with Crippen LogP contribution in [0.3, 0.4) is 0 Å². The zero-order chi connectivity index (χ0) is 9.14. The van der Waals surface area contributed by atoms with Crippen LogP contribution in [-0.4, -0.2) is 0 Å². The molecule has 0 saturated carbocycles. The Morgan fingerprint density at radius 2 is 2.00 bits per heavy atom. The Balaban J connectivity index is 3.16. The quantitative estimate of drug-likeness (QED) is 0.599. The van der Waals surface area contributed by atoms with Gasteiger partial charge >= 0.3 is 0 Å². The lowest BCUT2D eigenvalue weighted by molar-refractivity contribution is 0.569. The molecule has 12 heavy (non-hydrogen) atoms. The molecule has 1 rings (SSSR count). The molecule has 0 amide bonds. The maximum Gasteiger partial charge on any atom is 0.138 e. The fourth-order valence-corrected chi connectivity index (χ4v) is 1.31. The number of halogens is 3. The first-order valence-electron chi connectivity index (χ1n) is 3.09. The Morgan fingerprint density at radius 3 is 2.50 bits per heavy atom. The summed E-state index contributed by atoms with van der Waals surface area (Å²) in [6, 6.07) is 2.09. The molecule has 0 fully saturated rings. The van der Waals surface area contributed by atoms with Gasteiger partial charge in [-0.25, -0.2) is 8.78 Å². The van der Waals surface area contributed by atoms with E-state index < -0.39 is 11.6 Å². The van der Waals surface area contributed by atoms with E-state index in [4.69, 9.17) is 16.7 Å². The number of alkyl halides is 1. The zero-order valence-electron chi connectivity index (χ0n) is 5.98. The number of hydrogen-bond acceptors (Lipinski definition) is 2. The molecule has 2 N–H and O–H groups in total. The van der Waals surface area contributed by atoms with Crippen molar-refractivity contribution in [3.63, 3.8) is 0 Å². The highest BCUT2D eigenvalue weighted by Crippen LogP contribution is 2.21. The van der Waals surface area contributed by atoms with Crippen molar-refractivity contribution in [1.29, 1.82) is 0 Å². The molecular weight excluding hydrogens is 204 g/mol. The number of nitrogens with two attached hydrogens (primary N) is 1. The molecule has 0 aliphatic carbocycles. The number of rotatable bonds is 2. The van der Waals surface area contributed by atoms with Gasteiger partial charge in [0.15, 0.2) is 0 Å². The Morgan fingerprint density at radius 1 is 1.33 bits per heavy atom. The third-order valence-corrected chi connectivity index (χ3v) is 2.23. The molecule has 0 spiro atoms. The largest absolute Gasteiger partial charge is 0.274 e. The average Bonchev–Trinajstić information content (AvgIpc) is 2.08. The van der Waals surface area contributed by atoms with Crippen molar-refractivity contribution in [2.75, 3.05) is 0 Å². The third kappa shape index (κ3) is 1.88. The fraction of sp³-hybridized carbons (Fsp3) is 0.143. The van der Waals surface area contributed by atoms with Crippen LogP contribution < -0.4 is 5.14 Å². The lowest BCUT2D eigenvalue weighted by Crippen LogP contribution is -1.93. The van der Waals surface area contributed by atoms with Crippen LogP contribution in [0.25, 0.3) is 0 Å². The molecule has 1 nitrogen and oxygen atoms in total. The van der Waals surface area contributed by atoms with Crippen LogP contribution in [-0.2, 0) is 5.88 Å². The van der Waals surface area contributed by atoms with Crippen molar-refractivity contribution in [2.45, 2.75) is 10.8 Å². The maximum atomic E-state index is 12.9. The van der Waals surface area contributed by atoms with Gasteiger partial charge in [-0.15, -0.1) is 11.6 Å². The molecule has 0 aliphatic heterocycles. The van der Waals surface area contributed by atoms with Crippen molar-refractivity contribution in [3.8, 4) is 0 Å². The van der Waals surface area contributed by atoms with Gasteiger partial charge in [-0.3, -0.25) is 5.14 Å². The normalized spacial score (nSPS) is 10.3. The molecule has 0 heterocycles. The van der Waals surface area contributed by atoms with Crippen molar-refractivity contribution in [3.05, 3.63) is 29.3 Å². The SMILES string of the molecule is NSc1cc(F)c(CCl)cc1F. The van der Waals surface area contributed by atoms with Gasteiger partial charge in [-0.1, -0.05) is 0 Å². The summed E-state index contributed by atoms with van der Waals surface area (Å²) in [6.45, 7) is 0. The summed E-state index contributed by atoms with van der Waals surface area (Å²) in [5.41, 5.74) is 0.145. The average molecular weight is 210 g/mol. The van der Waals surface area contributed by atoms with Gasteiger partial charge in [0.05, 0.1) is 10.8 Å². The van der Waals surface area contributed by atoms with Gasteiger partial charge in [0, 0.05) is 5.56 Å². The fourth-order valence-electron chi connectivity index (χ4n) is 0.762. The zero-order valence-corrected chi connectivity index (χ0v) is 7.55. The molecule has 1 aromatic rings. The Kier molecular flexibility index (Phi) is 3.31. The summed E-state index contributed by atoms with van der Waals surface area (Å²) in [4.78, 5) is 0.0846. The first-order chi connectivity index (χ1) is 5.69. The van der Waals surface area contributed by atoms with E-state index in [-0.39, 0.29) is 16.3 Å². The summed E-state index contributed by atoms with van der Waals surface area (Å²) in [5.74, 6) is -1.11. The maximum absolute atomic E-state index is 12.9. The third-order valence-electron chi connectivity index (χ3n) is 1.37. The van der Waals surface area contributed by atoms with Gasteiger partial charge in [-0.05, 0) is 24.1 Å². The van der Waals surface area contributed by atoms with Crippen molar-refractivity contribution in [1.82, 2.24) is 0 Å². The molecule has 0 aromatic heterocycles. The number of benzene rings is 1. The standard InChI is InChI=1S/C7H6ClF2NS/c8-3-4-1-6(10)7(12-11)2-5(4)9/h1-2H,3,11H2. The Hall–Kier alpha value is -0.320. The van der Waals surface area contributed by atoms with E-state index in [1.54, 1.807) is 0 Å². The van der Waals surface area contributed by atoms with E-state index in [1.165, 1.54) is 0 Å². The van der Waals surface area contributed by atoms with Crippen LogP contribution in [0, 0.1) is 11.6 Å². The summed E-state index contributed by atoms with van der Waals surface area (Å²) in [5, 5.41) is 5.09. The summed E-state index contributed by atoms with van der Waals surface area (Å²) < 4.78 is 25.8. The predicted molar refractivity (Wildman–Crippen MR) is 46.0 cm³/mol. The van der Waals surface area contributed by atoms with Gasteiger partial charge in [0.1, 0.15) is 11.6 Å². The smallest absolute Gasteiger partial charge is 0.138 e. The van der Waals surface area contributed by atoms with Crippen LogP contribution in [0.4, 0.5) is 8.78 Å². The molecule has 0 saturated heterocycles. The molecule has 0 atom stereocenters. The molecule has 0 unspecified atom stereocenters. The first kappa shape index (κ1) is 9.77. The molecule has 0 aliphatic rings. The highest BCUT2D eigenvalue weighted by molar-refractivity contribution is 7.97. The first-order valence-corrected chi connectivity index (χ1v) is 4.51. The minimum Gasteiger partial charge on any atom is -0.274 e. The van der Waals surface area contributed by atoms with Crippen LogP contribution in [0.15, 0.2) is 17.0 Å². The van der Waals surface area contributed by atoms with Gasteiger partial charge in [0.2, 0.25) is 0 Å². The van der Waals surface area contributed by atoms with Crippen LogP contribution in [0.2, 0.25) is 0 Å².